The van der Waals surface area contributed by atoms with E-state index in [1.165, 1.54) is 4.90 Å². The Kier molecular flexibility index (Phi) is 5.10. The molecule has 7 heteroatoms. The fourth-order valence-electron chi connectivity index (χ4n) is 4.26. The van der Waals surface area contributed by atoms with E-state index in [1.54, 1.807) is 23.1 Å². The Morgan fingerprint density at radius 1 is 1.07 bits per heavy atom. The average molecular weight is 443 g/mol. The van der Waals surface area contributed by atoms with Gasteiger partial charge >= 0.3 is 0 Å². The van der Waals surface area contributed by atoms with Crippen LogP contribution in [0.1, 0.15) is 31.2 Å². The molecular formula is C22H19ClN2O2S2. The van der Waals surface area contributed by atoms with Crippen LogP contribution in [-0.2, 0) is 15.3 Å². The van der Waals surface area contributed by atoms with Gasteiger partial charge < -0.3 is 0 Å². The van der Waals surface area contributed by atoms with E-state index in [9.17, 15) is 9.59 Å². The van der Waals surface area contributed by atoms with Gasteiger partial charge in [0.15, 0.2) is 4.34 Å². The molecule has 2 atom stereocenters. The number of amides is 2. The summed E-state index contributed by atoms with van der Waals surface area (Å²) < 4.78 is 1.93. The molecule has 29 heavy (non-hydrogen) atoms. The lowest BCUT2D eigenvalue weighted by Gasteiger charge is -2.19. The van der Waals surface area contributed by atoms with Crippen LogP contribution in [0.25, 0.3) is 10.2 Å². The van der Waals surface area contributed by atoms with Crippen LogP contribution in [0.5, 0.6) is 0 Å². The summed E-state index contributed by atoms with van der Waals surface area (Å²) in [5, 5.41) is 0.760. The van der Waals surface area contributed by atoms with Crippen LogP contribution in [0.2, 0.25) is 5.02 Å². The number of aromatic nitrogens is 1. The monoisotopic (exact) mass is 442 g/mol. The number of carbonyl (C=O) groups is 2. The fraction of sp³-hybridized carbons (Fsp3) is 0.318. The van der Waals surface area contributed by atoms with Crippen molar-refractivity contribution in [2.45, 2.75) is 35.8 Å². The Morgan fingerprint density at radius 3 is 2.52 bits per heavy atom. The predicted molar refractivity (Wildman–Crippen MR) is 119 cm³/mol. The molecule has 0 radical (unpaired) electrons. The normalized spacial score (nSPS) is 21.8. The second-order valence-electron chi connectivity index (χ2n) is 7.52. The second-order valence-corrected chi connectivity index (χ2v) is 10.2. The highest BCUT2D eigenvalue weighted by molar-refractivity contribution is 8.00. The van der Waals surface area contributed by atoms with Gasteiger partial charge in [-0.2, -0.15) is 0 Å². The highest BCUT2D eigenvalue weighted by Gasteiger charge is 2.48. The van der Waals surface area contributed by atoms with Crippen LogP contribution in [0.4, 0.5) is 5.69 Å². The molecule has 2 aliphatic rings. The lowest BCUT2D eigenvalue weighted by Crippen LogP contribution is -2.30. The third-order valence-electron chi connectivity index (χ3n) is 5.76. The maximum Gasteiger partial charge on any atom is 0.237 e. The zero-order valence-electron chi connectivity index (χ0n) is 15.6. The molecule has 2 amide bonds. The van der Waals surface area contributed by atoms with Crippen molar-refractivity contribution in [1.82, 2.24) is 4.98 Å². The third-order valence-corrected chi connectivity index (χ3v) is 8.34. The first-order valence-electron chi connectivity index (χ1n) is 9.76. The van der Waals surface area contributed by atoms with Crippen molar-refractivity contribution < 1.29 is 9.59 Å². The maximum absolute atomic E-state index is 12.9. The molecule has 0 spiro atoms. The summed E-state index contributed by atoms with van der Waals surface area (Å²) in [4.78, 5) is 31.8. The summed E-state index contributed by atoms with van der Waals surface area (Å²) in [6, 6.07) is 13.5. The summed E-state index contributed by atoms with van der Waals surface area (Å²) >= 11 is 9.47. The molecule has 1 saturated heterocycles. The van der Waals surface area contributed by atoms with Gasteiger partial charge in [-0.3, -0.25) is 14.5 Å². The van der Waals surface area contributed by atoms with E-state index in [4.69, 9.17) is 11.6 Å². The number of nitrogens with zero attached hydrogens (tertiary/aromatic N) is 2. The number of hydrogen-bond acceptors (Lipinski definition) is 5. The molecule has 2 heterocycles. The molecule has 5 rings (SSSR count). The number of benzene rings is 2. The van der Waals surface area contributed by atoms with Gasteiger partial charge in [-0.15, -0.1) is 11.3 Å². The molecule has 1 aromatic heterocycles. The number of anilines is 1. The molecule has 0 N–H and O–H groups in total. The van der Waals surface area contributed by atoms with Crippen molar-refractivity contribution in [3.63, 3.8) is 0 Å². The molecule has 0 unspecified atom stereocenters. The smallest absolute Gasteiger partial charge is 0.237 e. The molecule has 148 valence electrons. The van der Waals surface area contributed by atoms with Crippen LogP contribution in [-0.4, -0.2) is 16.8 Å². The Hall–Kier alpha value is -1.89. The minimum Gasteiger partial charge on any atom is -0.274 e. The van der Waals surface area contributed by atoms with Crippen LogP contribution in [0.3, 0.4) is 0 Å². The maximum atomic E-state index is 12.9. The van der Waals surface area contributed by atoms with Crippen LogP contribution >= 0.6 is 34.7 Å². The van der Waals surface area contributed by atoms with Gasteiger partial charge in [-0.1, -0.05) is 54.4 Å². The van der Waals surface area contributed by atoms with E-state index in [-0.39, 0.29) is 23.7 Å². The number of fused-ring (bicyclic) bond motifs is 2. The first kappa shape index (κ1) is 19.1. The van der Waals surface area contributed by atoms with Gasteiger partial charge in [-0.25, -0.2) is 4.98 Å². The van der Waals surface area contributed by atoms with Crippen molar-refractivity contribution in [3.05, 3.63) is 53.1 Å². The fourth-order valence-corrected chi connectivity index (χ4v) is 6.65. The van der Waals surface area contributed by atoms with Crippen LogP contribution < -0.4 is 4.90 Å². The molecule has 4 nitrogen and oxygen atoms in total. The third kappa shape index (κ3) is 3.47. The van der Waals surface area contributed by atoms with Crippen molar-refractivity contribution in [2.24, 2.45) is 11.8 Å². The van der Waals surface area contributed by atoms with E-state index in [1.807, 2.05) is 42.5 Å². The summed E-state index contributed by atoms with van der Waals surface area (Å²) in [6.45, 7) is 0. The number of thioether (sulfide) groups is 1. The van der Waals surface area contributed by atoms with Crippen molar-refractivity contribution in [3.8, 4) is 0 Å². The zero-order chi connectivity index (χ0) is 20.0. The number of imide groups is 1. The zero-order valence-corrected chi connectivity index (χ0v) is 18.0. The topological polar surface area (TPSA) is 50.3 Å². The summed E-state index contributed by atoms with van der Waals surface area (Å²) in [7, 11) is 0. The van der Waals surface area contributed by atoms with E-state index in [2.05, 4.69) is 4.98 Å². The first-order valence-corrected chi connectivity index (χ1v) is 11.9. The molecule has 3 aromatic rings. The number of carbonyl (C=O) groups excluding carboxylic acids is 2. The summed E-state index contributed by atoms with van der Waals surface area (Å²) in [5.41, 5.74) is 2.64. The van der Waals surface area contributed by atoms with E-state index >= 15 is 0 Å². The number of halogens is 1. The van der Waals surface area contributed by atoms with Gasteiger partial charge in [0, 0.05) is 10.8 Å². The van der Waals surface area contributed by atoms with Gasteiger partial charge in [0.1, 0.15) is 0 Å². The lowest BCUT2D eigenvalue weighted by molar-refractivity contribution is -0.122. The van der Waals surface area contributed by atoms with E-state index in [0.717, 1.165) is 56.6 Å². The van der Waals surface area contributed by atoms with Gasteiger partial charge in [0.05, 0.1) is 27.7 Å². The molecule has 2 aromatic carbocycles. The minimum atomic E-state index is -0.129. The van der Waals surface area contributed by atoms with Gasteiger partial charge in [-0.05, 0) is 42.7 Å². The first-order chi connectivity index (χ1) is 14.1. The van der Waals surface area contributed by atoms with Crippen LogP contribution in [0, 0.1) is 11.8 Å². The van der Waals surface area contributed by atoms with Crippen molar-refractivity contribution in [1.29, 1.82) is 0 Å². The highest BCUT2D eigenvalue weighted by atomic mass is 35.5. The average Bonchev–Trinajstić information content (AvgIpc) is 3.25. The Bertz CT molecular complexity index is 1090. The molecule has 2 fully saturated rings. The number of rotatable bonds is 4. The Labute approximate surface area is 182 Å². The Balaban J connectivity index is 1.39. The molecule has 1 aliphatic heterocycles. The van der Waals surface area contributed by atoms with Crippen molar-refractivity contribution in [2.75, 3.05) is 4.90 Å². The second kappa shape index (κ2) is 7.74. The highest BCUT2D eigenvalue weighted by Crippen LogP contribution is 2.41. The summed E-state index contributed by atoms with van der Waals surface area (Å²) in [5.74, 6) is 0.429. The Morgan fingerprint density at radius 2 is 1.79 bits per heavy atom. The number of thiazole rings is 1. The SMILES string of the molecule is O=C1[C@@H]2CCCC[C@H]2C(=O)N1c1ccc2nc(SCc3ccccc3Cl)sc2c1. The standard InChI is InChI=1S/C22H19ClN2O2S2/c23-17-8-4-1-5-13(17)12-28-22-24-18-10-9-14(11-19(18)29-22)25-20(26)15-6-2-3-7-16(15)21(25)27/h1,4-5,8-11,15-16H,2-3,6-7,12H2/t15-,16-/m1/s1. The van der Waals surface area contributed by atoms with Gasteiger partial charge in [0.25, 0.3) is 0 Å². The van der Waals surface area contributed by atoms with E-state index < -0.39 is 0 Å². The lowest BCUT2D eigenvalue weighted by atomic mass is 9.81. The molecular weight excluding hydrogens is 424 g/mol. The molecule has 1 saturated carbocycles. The van der Waals surface area contributed by atoms with Crippen LogP contribution in [0.15, 0.2) is 46.8 Å². The largest absolute Gasteiger partial charge is 0.274 e. The minimum absolute atomic E-state index is 0.0307. The molecule has 1 aliphatic carbocycles. The van der Waals surface area contributed by atoms with E-state index in [0.29, 0.717) is 5.69 Å². The number of hydrogen-bond donors (Lipinski definition) is 0. The summed E-state index contributed by atoms with van der Waals surface area (Å²) in [6.07, 6.45) is 3.73. The predicted octanol–water partition coefficient (Wildman–Crippen LogP) is 5.92. The van der Waals surface area contributed by atoms with Crippen molar-refractivity contribution >= 4 is 62.4 Å². The van der Waals surface area contributed by atoms with Gasteiger partial charge in [0.2, 0.25) is 11.8 Å². The quantitative estimate of drug-likeness (QED) is 0.371. The molecule has 0 bridgehead atoms.